The lowest BCUT2D eigenvalue weighted by Crippen LogP contribution is -2.32. The highest BCUT2D eigenvalue weighted by molar-refractivity contribution is 5.77. The molecule has 0 radical (unpaired) electrons. The van der Waals surface area contributed by atoms with Crippen LogP contribution in [-0.4, -0.2) is 33.3 Å². The number of hydrogen-bond acceptors (Lipinski definition) is 4. The first-order valence-corrected chi connectivity index (χ1v) is 9.09. The lowest BCUT2D eigenvalue weighted by atomic mass is 10.2. The third-order valence-electron chi connectivity index (χ3n) is 4.01. The van der Waals surface area contributed by atoms with Crippen molar-refractivity contribution in [2.45, 2.75) is 26.0 Å². The second-order valence-corrected chi connectivity index (χ2v) is 6.06. The Kier molecular flexibility index (Phi) is 9.00. The molecule has 0 aliphatic rings. The molecule has 0 aliphatic heterocycles. The van der Waals surface area contributed by atoms with Crippen LogP contribution in [0.3, 0.4) is 0 Å². The number of ether oxygens (including phenoxy) is 3. The molecule has 0 aromatic heterocycles. The minimum Gasteiger partial charge on any atom is -0.493 e. The van der Waals surface area contributed by atoms with Gasteiger partial charge in [0.15, 0.2) is 17.5 Å². The van der Waals surface area contributed by atoms with Crippen LogP contribution in [0.4, 0.5) is 0 Å². The minimum absolute atomic E-state index is 0.440. The maximum absolute atomic E-state index is 5.92. The molecule has 27 heavy (non-hydrogen) atoms. The summed E-state index contributed by atoms with van der Waals surface area (Å²) in [7, 11) is 3.23. The van der Waals surface area contributed by atoms with Crippen LogP contribution < -0.4 is 20.5 Å². The van der Waals surface area contributed by atoms with E-state index in [1.165, 1.54) is 5.56 Å². The van der Waals surface area contributed by atoms with Crippen LogP contribution in [0.2, 0.25) is 0 Å². The molecule has 0 amide bonds. The van der Waals surface area contributed by atoms with E-state index in [9.17, 15) is 0 Å². The average molecular weight is 371 g/mol. The maximum Gasteiger partial charge on any atom is 0.188 e. The Morgan fingerprint density at radius 2 is 1.74 bits per heavy atom. The van der Waals surface area contributed by atoms with E-state index in [0.29, 0.717) is 30.6 Å². The van der Waals surface area contributed by atoms with Gasteiger partial charge >= 0.3 is 0 Å². The van der Waals surface area contributed by atoms with Crippen molar-refractivity contribution >= 4 is 5.96 Å². The van der Waals surface area contributed by atoms with E-state index in [1.807, 2.05) is 36.4 Å². The second-order valence-electron chi connectivity index (χ2n) is 6.06. The molecule has 0 aliphatic carbocycles. The first kappa shape index (κ1) is 20.6. The molecule has 2 rings (SSSR count). The number of unbranched alkanes of at least 4 members (excludes halogenated alkanes) is 1. The average Bonchev–Trinajstić information content (AvgIpc) is 2.72. The predicted octanol–water partition coefficient (Wildman–Crippen LogP) is 3.11. The van der Waals surface area contributed by atoms with Crippen LogP contribution in [0.25, 0.3) is 0 Å². The van der Waals surface area contributed by atoms with Gasteiger partial charge in [-0.25, -0.2) is 4.99 Å². The monoisotopic (exact) mass is 371 g/mol. The number of benzene rings is 2. The molecule has 0 unspecified atom stereocenters. The van der Waals surface area contributed by atoms with Crippen LogP contribution in [0.1, 0.15) is 24.0 Å². The molecule has 0 fully saturated rings. The fourth-order valence-corrected chi connectivity index (χ4v) is 2.52. The Hall–Kier alpha value is -2.73. The fraction of sp³-hybridized carbons (Fsp3) is 0.381. The molecule has 0 saturated heterocycles. The van der Waals surface area contributed by atoms with Crippen molar-refractivity contribution in [3.8, 4) is 11.5 Å². The van der Waals surface area contributed by atoms with E-state index in [-0.39, 0.29) is 0 Å². The normalized spacial score (nSPS) is 11.3. The van der Waals surface area contributed by atoms with Crippen molar-refractivity contribution in [3.63, 3.8) is 0 Å². The van der Waals surface area contributed by atoms with E-state index in [2.05, 4.69) is 22.4 Å². The van der Waals surface area contributed by atoms with Crippen molar-refractivity contribution in [3.05, 3.63) is 59.7 Å². The Morgan fingerprint density at radius 1 is 0.963 bits per heavy atom. The Morgan fingerprint density at radius 3 is 2.48 bits per heavy atom. The van der Waals surface area contributed by atoms with Gasteiger partial charge in [0, 0.05) is 13.2 Å². The van der Waals surface area contributed by atoms with Gasteiger partial charge in [0.1, 0.15) is 0 Å². The molecule has 6 heteroatoms. The molecular weight excluding hydrogens is 342 g/mol. The lowest BCUT2D eigenvalue weighted by Gasteiger charge is -2.09. The van der Waals surface area contributed by atoms with Crippen LogP contribution in [0.15, 0.2) is 53.5 Å². The topological polar surface area (TPSA) is 78.1 Å². The quantitative estimate of drug-likeness (QED) is 0.360. The molecule has 0 bridgehead atoms. The van der Waals surface area contributed by atoms with Crippen molar-refractivity contribution in [1.82, 2.24) is 5.32 Å². The molecule has 0 atom stereocenters. The molecule has 6 nitrogen and oxygen atoms in total. The van der Waals surface area contributed by atoms with E-state index in [0.717, 1.165) is 31.6 Å². The molecule has 0 heterocycles. The zero-order valence-corrected chi connectivity index (χ0v) is 16.1. The molecule has 2 aromatic rings. The second kappa shape index (κ2) is 11.8. The van der Waals surface area contributed by atoms with Gasteiger partial charge in [0.25, 0.3) is 0 Å². The number of guanidine groups is 1. The van der Waals surface area contributed by atoms with E-state index < -0.39 is 0 Å². The number of nitrogens with zero attached hydrogens (tertiary/aromatic N) is 1. The van der Waals surface area contributed by atoms with Crippen LogP contribution in [-0.2, 0) is 17.9 Å². The molecule has 2 aromatic carbocycles. The Balaban J connectivity index is 1.60. The van der Waals surface area contributed by atoms with Crippen LogP contribution in [0, 0.1) is 0 Å². The first-order chi connectivity index (χ1) is 13.2. The molecule has 3 N–H and O–H groups in total. The Labute approximate surface area is 161 Å². The minimum atomic E-state index is 0.440. The summed E-state index contributed by atoms with van der Waals surface area (Å²) in [6.45, 7) is 2.65. The lowest BCUT2D eigenvalue weighted by molar-refractivity contribution is 0.117. The molecule has 0 saturated carbocycles. The summed E-state index contributed by atoms with van der Waals surface area (Å²) in [4.78, 5) is 4.35. The number of hydrogen-bond donors (Lipinski definition) is 2. The number of aliphatic imine (C=N–C) groups is 1. The van der Waals surface area contributed by atoms with Gasteiger partial charge in [0.2, 0.25) is 0 Å². The maximum atomic E-state index is 5.92. The molecular formula is C21H29N3O3. The van der Waals surface area contributed by atoms with Gasteiger partial charge in [-0.1, -0.05) is 36.4 Å². The summed E-state index contributed by atoms with van der Waals surface area (Å²) in [5, 5.41) is 3.13. The standard InChI is InChI=1S/C21H29N3O3/c1-25-19-11-10-18(14-20(19)26-2)15-24-21(22)23-12-6-7-13-27-16-17-8-4-3-5-9-17/h3-5,8-11,14H,6-7,12-13,15-16H2,1-2H3,(H3,22,23,24). The zero-order chi connectivity index (χ0) is 19.3. The van der Waals surface area contributed by atoms with Crippen LogP contribution in [0.5, 0.6) is 11.5 Å². The highest BCUT2D eigenvalue weighted by atomic mass is 16.5. The summed E-state index contributed by atoms with van der Waals surface area (Å²) in [5.41, 5.74) is 8.12. The summed E-state index contributed by atoms with van der Waals surface area (Å²) in [6.07, 6.45) is 1.95. The SMILES string of the molecule is COc1ccc(CN=C(N)NCCCCOCc2ccccc2)cc1OC. The third-order valence-corrected chi connectivity index (χ3v) is 4.01. The van der Waals surface area contributed by atoms with Gasteiger partial charge in [-0.15, -0.1) is 0 Å². The van der Waals surface area contributed by atoms with Crippen molar-refractivity contribution in [2.75, 3.05) is 27.4 Å². The van der Waals surface area contributed by atoms with Gasteiger partial charge in [-0.2, -0.15) is 0 Å². The Bertz CT molecular complexity index is 705. The van der Waals surface area contributed by atoms with Gasteiger partial charge < -0.3 is 25.3 Å². The van der Waals surface area contributed by atoms with E-state index in [1.54, 1.807) is 14.2 Å². The zero-order valence-electron chi connectivity index (χ0n) is 16.1. The van der Waals surface area contributed by atoms with Crippen molar-refractivity contribution in [2.24, 2.45) is 10.7 Å². The van der Waals surface area contributed by atoms with Crippen LogP contribution >= 0.6 is 0 Å². The van der Waals surface area contributed by atoms with E-state index in [4.69, 9.17) is 19.9 Å². The molecule has 0 spiro atoms. The highest BCUT2D eigenvalue weighted by Gasteiger charge is 2.04. The number of methoxy groups -OCH3 is 2. The smallest absolute Gasteiger partial charge is 0.188 e. The fourth-order valence-electron chi connectivity index (χ4n) is 2.52. The van der Waals surface area contributed by atoms with Gasteiger partial charge in [-0.05, 0) is 36.1 Å². The summed E-state index contributed by atoms with van der Waals surface area (Å²) in [6, 6.07) is 15.9. The van der Waals surface area contributed by atoms with E-state index >= 15 is 0 Å². The van der Waals surface area contributed by atoms with Gasteiger partial charge in [-0.3, -0.25) is 0 Å². The number of rotatable bonds is 11. The van der Waals surface area contributed by atoms with Gasteiger partial charge in [0.05, 0.1) is 27.4 Å². The number of nitrogens with two attached hydrogens (primary N) is 1. The number of nitrogens with one attached hydrogen (secondary N) is 1. The summed E-state index contributed by atoms with van der Waals surface area (Å²) in [5.74, 6) is 1.83. The first-order valence-electron chi connectivity index (χ1n) is 9.09. The largest absolute Gasteiger partial charge is 0.493 e. The predicted molar refractivity (Wildman–Crippen MR) is 108 cm³/mol. The summed E-state index contributed by atoms with van der Waals surface area (Å²) >= 11 is 0. The third kappa shape index (κ3) is 7.58. The van der Waals surface area contributed by atoms with Crippen molar-refractivity contribution in [1.29, 1.82) is 0 Å². The molecule has 146 valence electrons. The summed E-state index contributed by atoms with van der Waals surface area (Å²) < 4.78 is 16.2. The van der Waals surface area contributed by atoms with Crippen molar-refractivity contribution < 1.29 is 14.2 Å². The highest BCUT2D eigenvalue weighted by Crippen LogP contribution is 2.27.